The van der Waals surface area contributed by atoms with E-state index in [9.17, 15) is 21.6 Å². The lowest BCUT2D eigenvalue weighted by Crippen LogP contribution is -2.07. The van der Waals surface area contributed by atoms with Crippen molar-refractivity contribution in [2.75, 3.05) is 0 Å². The van der Waals surface area contributed by atoms with E-state index in [2.05, 4.69) is 25.9 Å². The van der Waals surface area contributed by atoms with Gasteiger partial charge in [-0.05, 0) is 28.1 Å². The third-order valence-electron chi connectivity index (χ3n) is 2.12. The zero-order valence-corrected chi connectivity index (χ0v) is 11.4. The predicted molar refractivity (Wildman–Crippen MR) is 61.8 cm³/mol. The van der Waals surface area contributed by atoms with E-state index >= 15 is 0 Å². The third kappa shape index (κ3) is 2.47. The van der Waals surface area contributed by atoms with Crippen molar-refractivity contribution in [2.24, 2.45) is 0 Å². The number of benzene rings is 1. The van der Waals surface area contributed by atoms with Gasteiger partial charge < -0.3 is 4.98 Å². The van der Waals surface area contributed by atoms with Crippen LogP contribution in [0.5, 0.6) is 0 Å². The van der Waals surface area contributed by atoms with Crippen molar-refractivity contribution in [1.82, 2.24) is 9.97 Å². The summed E-state index contributed by atoms with van der Waals surface area (Å²) in [5.74, 6) is 0. The molecule has 0 amide bonds. The Labute approximate surface area is 112 Å². The smallest absolute Gasteiger partial charge is 0.332 e. The van der Waals surface area contributed by atoms with Gasteiger partial charge in [-0.2, -0.15) is 13.2 Å². The Morgan fingerprint density at radius 3 is 2.44 bits per heavy atom. The van der Waals surface area contributed by atoms with Crippen LogP contribution < -0.4 is 0 Å². The van der Waals surface area contributed by atoms with E-state index in [1.54, 1.807) is 0 Å². The largest absolute Gasteiger partial charge is 0.418 e. The second-order valence-electron chi connectivity index (χ2n) is 3.33. The molecule has 0 aliphatic carbocycles. The molecule has 18 heavy (non-hydrogen) atoms. The number of alkyl halides is 3. The van der Waals surface area contributed by atoms with Crippen molar-refractivity contribution in [2.45, 2.75) is 11.1 Å². The maximum absolute atomic E-state index is 12.8. The van der Waals surface area contributed by atoms with Crippen molar-refractivity contribution < 1.29 is 21.6 Å². The van der Waals surface area contributed by atoms with E-state index in [1.165, 1.54) is 0 Å². The van der Waals surface area contributed by atoms with Crippen molar-refractivity contribution in [3.05, 3.63) is 22.4 Å². The quantitative estimate of drug-likeness (QED) is 0.791. The first-order chi connectivity index (χ1) is 8.09. The van der Waals surface area contributed by atoms with Gasteiger partial charge in [-0.15, -0.1) is 0 Å². The van der Waals surface area contributed by atoms with E-state index in [-0.39, 0.29) is 15.8 Å². The van der Waals surface area contributed by atoms with Gasteiger partial charge >= 0.3 is 6.18 Å². The number of aromatic amines is 1. The van der Waals surface area contributed by atoms with Crippen molar-refractivity contribution in [3.8, 4) is 0 Å². The number of nitrogens with one attached hydrogen (secondary N) is 1. The number of halogens is 5. The summed E-state index contributed by atoms with van der Waals surface area (Å²) in [6.45, 7) is 0. The highest BCUT2D eigenvalue weighted by Crippen LogP contribution is 2.36. The molecule has 0 atom stereocenters. The van der Waals surface area contributed by atoms with Crippen molar-refractivity contribution in [1.29, 1.82) is 0 Å². The van der Waals surface area contributed by atoms with Crippen LogP contribution in [0, 0.1) is 0 Å². The number of H-pyrrole nitrogens is 1. The summed E-state index contributed by atoms with van der Waals surface area (Å²) in [7, 11) is 0.788. The van der Waals surface area contributed by atoms with Gasteiger partial charge in [0.15, 0.2) is 4.73 Å². The summed E-state index contributed by atoms with van der Waals surface area (Å²) < 4.78 is 60.7. The third-order valence-corrected chi connectivity index (χ3v) is 3.83. The Hall–Kier alpha value is -0.800. The lowest BCUT2D eigenvalue weighted by Gasteiger charge is -2.08. The van der Waals surface area contributed by atoms with Gasteiger partial charge in [0, 0.05) is 10.7 Å². The van der Waals surface area contributed by atoms with Gasteiger partial charge in [-0.1, -0.05) is 0 Å². The molecule has 1 heterocycles. The van der Waals surface area contributed by atoms with Gasteiger partial charge in [0.25, 0.3) is 9.05 Å². The molecule has 1 aromatic heterocycles. The maximum atomic E-state index is 12.8. The highest BCUT2D eigenvalue weighted by Gasteiger charge is 2.35. The lowest BCUT2D eigenvalue weighted by molar-refractivity contribution is -0.136. The van der Waals surface area contributed by atoms with E-state index in [4.69, 9.17) is 10.7 Å². The molecular weight excluding hydrogens is 361 g/mol. The molecule has 1 aromatic carbocycles. The minimum atomic E-state index is -4.73. The summed E-state index contributed by atoms with van der Waals surface area (Å²) in [5.41, 5.74) is -1.62. The first kappa shape index (κ1) is 13.6. The van der Waals surface area contributed by atoms with Crippen LogP contribution in [0.1, 0.15) is 5.56 Å². The molecule has 0 saturated heterocycles. The number of aromatic nitrogens is 2. The standard InChI is InChI=1S/C8H3BrClF3N2O2S/c9-7-14-5-2-3(18(10,16)17)1-4(6(5)15-7)8(11,12)13/h1-2H,(H,14,15). The number of imidazole rings is 1. The molecular formula is C8H3BrClF3N2O2S. The van der Waals surface area contributed by atoms with Crippen LogP contribution in [0.25, 0.3) is 11.0 Å². The number of fused-ring (bicyclic) bond motifs is 1. The van der Waals surface area contributed by atoms with Crippen LogP contribution in [0.4, 0.5) is 13.2 Å². The fourth-order valence-electron chi connectivity index (χ4n) is 1.42. The summed E-state index contributed by atoms with van der Waals surface area (Å²) in [6, 6.07) is 1.45. The number of hydrogen-bond acceptors (Lipinski definition) is 3. The van der Waals surface area contributed by atoms with Gasteiger partial charge in [-0.25, -0.2) is 13.4 Å². The fourth-order valence-corrected chi connectivity index (χ4v) is 2.59. The van der Waals surface area contributed by atoms with Crippen LogP contribution in [-0.4, -0.2) is 18.4 Å². The lowest BCUT2D eigenvalue weighted by atomic mass is 10.2. The topological polar surface area (TPSA) is 62.8 Å². The van der Waals surface area contributed by atoms with Gasteiger partial charge in [-0.3, -0.25) is 0 Å². The molecule has 2 aromatic rings. The molecule has 98 valence electrons. The molecule has 0 aliphatic heterocycles. The van der Waals surface area contributed by atoms with Crippen LogP contribution in [0.2, 0.25) is 0 Å². The van der Waals surface area contributed by atoms with Gasteiger partial charge in [0.1, 0.15) is 5.52 Å². The second kappa shape index (κ2) is 4.10. The monoisotopic (exact) mass is 362 g/mol. The second-order valence-corrected chi connectivity index (χ2v) is 6.65. The zero-order valence-electron chi connectivity index (χ0n) is 8.22. The van der Waals surface area contributed by atoms with E-state index < -0.39 is 25.7 Å². The first-order valence-corrected chi connectivity index (χ1v) is 7.40. The molecule has 0 aliphatic rings. The molecule has 0 saturated carbocycles. The Morgan fingerprint density at radius 2 is 1.94 bits per heavy atom. The van der Waals surface area contributed by atoms with Crippen LogP contribution >= 0.6 is 26.6 Å². The van der Waals surface area contributed by atoms with Crippen molar-refractivity contribution >= 4 is 46.7 Å². The summed E-state index contributed by atoms with van der Waals surface area (Å²) in [4.78, 5) is 5.43. The minimum absolute atomic E-state index is 0.0621. The summed E-state index contributed by atoms with van der Waals surface area (Å²) in [6.07, 6.45) is -4.73. The summed E-state index contributed by atoms with van der Waals surface area (Å²) >= 11 is 2.88. The highest BCUT2D eigenvalue weighted by atomic mass is 79.9. The SMILES string of the molecule is O=S(=O)(Cl)c1cc(C(F)(F)F)c2nc(Br)[nH]c2c1. The number of rotatable bonds is 1. The zero-order chi connectivity index (χ0) is 13.7. The molecule has 2 rings (SSSR count). The highest BCUT2D eigenvalue weighted by molar-refractivity contribution is 9.10. The Morgan fingerprint density at radius 1 is 1.33 bits per heavy atom. The van der Waals surface area contributed by atoms with Crippen LogP contribution in [-0.2, 0) is 15.2 Å². The van der Waals surface area contributed by atoms with E-state index in [0.29, 0.717) is 6.07 Å². The molecule has 0 spiro atoms. The van der Waals surface area contributed by atoms with Crippen LogP contribution in [0.15, 0.2) is 21.8 Å². The Bertz CT molecular complexity index is 726. The molecule has 0 radical (unpaired) electrons. The average Bonchev–Trinajstić information content (AvgIpc) is 2.52. The maximum Gasteiger partial charge on any atom is 0.418 e. The number of hydrogen-bond donors (Lipinski definition) is 1. The Kier molecular flexibility index (Phi) is 3.11. The van der Waals surface area contributed by atoms with Gasteiger partial charge in [0.05, 0.1) is 16.0 Å². The predicted octanol–water partition coefficient (Wildman–Crippen LogP) is 3.27. The van der Waals surface area contributed by atoms with Crippen LogP contribution in [0.3, 0.4) is 0 Å². The molecule has 0 bridgehead atoms. The molecule has 0 unspecified atom stereocenters. The van der Waals surface area contributed by atoms with E-state index in [1.807, 2.05) is 0 Å². The minimum Gasteiger partial charge on any atom is -0.332 e. The fraction of sp³-hybridized carbons (Fsp3) is 0.125. The average molecular weight is 364 g/mol. The molecule has 1 N–H and O–H groups in total. The van der Waals surface area contributed by atoms with E-state index in [0.717, 1.165) is 6.07 Å². The molecule has 4 nitrogen and oxygen atoms in total. The Balaban J connectivity index is 2.89. The van der Waals surface area contributed by atoms with Crippen molar-refractivity contribution in [3.63, 3.8) is 0 Å². The number of nitrogens with zero attached hydrogens (tertiary/aromatic N) is 1. The first-order valence-electron chi connectivity index (χ1n) is 4.30. The molecule has 10 heteroatoms. The normalized spacial score (nSPS) is 13.2. The summed E-state index contributed by atoms with van der Waals surface area (Å²) in [5, 5.41) is 0. The molecule has 0 fully saturated rings. The van der Waals surface area contributed by atoms with Gasteiger partial charge in [0.2, 0.25) is 0 Å².